The summed E-state index contributed by atoms with van der Waals surface area (Å²) in [6.07, 6.45) is 1.25. The number of aromatic amines is 1. The minimum Gasteiger partial charge on any atom is -0.338 e. The fraction of sp³-hybridized carbons (Fsp3) is 0. The standard InChI is InChI=1S/C21H15N5O3/c27-21(25-22-13-16-8-4-5-9-19(16)26(28)29)15-10-11-17-18(12-15)24-20(23-17)14-6-2-1-3-7-14/h1-13H,(H,23,24)(H,25,27)/b22-13+. The Kier molecular flexibility index (Phi) is 4.81. The number of rotatable bonds is 5. The number of amides is 1. The van der Waals surface area contributed by atoms with Gasteiger partial charge in [0, 0.05) is 17.2 Å². The molecule has 0 aliphatic heterocycles. The molecule has 1 aromatic heterocycles. The van der Waals surface area contributed by atoms with Gasteiger partial charge in [0.05, 0.1) is 27.7 Å². The summed E-state index contributed by atoms with van der Waals surface area (Å²) in [5.74, 6) is 0.283. The second kappa shape index (κ2) is 7.73. The van der Waals surface area contributed by atoms with E-state index in [9.17, 15) is 14.9 Å². The summed E-state index contributed by atoms with van der Waals surface area (Å²) in [6.45, 7) is 0. The normalized spacial score (nSPS) is 11.0. The molecule has 2 N–H and O–H groups in total. The highest BCUT2D eigenvalue weighted by molar-refractivity contribution is 5.98. The van der Waals surface area contributed by atoms with Crippen LogP contribution < -0.4 is 5.43 Å². The number of nitro groups is 1. The molecule has 0 saturated heterocycles. The maximum atomic E-state index is 12.4. The molecule has 0 radical (unpaired) electrons. The van der Waals surface area contributed by atoms with Crippen molar-refractivity contribution in [2.24, 2.45) is 5.10 Å². The first-order valence-electron chi connectivity index (χ1n) is 8.74. The van der Waals surface area contributed by atoms with E-state index in [1.54, 1.807) is 36.4 Å². The molecule has 0 spiro atoms. The Morgan fingerprint density at radius 1 is 1.07 bits per heavy atom. The average molecular weight is 385 g/mol. The van der Waals surface area contributed by atoms with E-state index in [0.717, 1.165) is 16.6 Å². The highest BCUT2D eigenvalue weighted by atomic mass is 16.6. The smallest absolute Gasteiger partial charge is 0.278 e. The summed E-state index contributed by atoms with van der Waals surface area (Å²) in [7, 11) is 0. The Labute approximate surface area is 165 Å². The SMILES string of the molecule is O=C(N/N=C/c1ccccc1[N+](=O)[O-])c1ccc2nc(-c3ccccc3)[nH]c2c1. The van der Waals surface area contributed by atoms with Crippen LogP contribution in [0.15, 0.2) is 77.9 Å². The lowest BCUT2D eigenvalue weighted by Crippen LogP contribution is -2.17. The van der Waals surface area contributed by atoms with Crippen LogP contribution in [0.5, 0.6) is 0 Å². The first kappa shape index (κ1) is 18.1. The van der Waals surface area contributed by atoms with E-state index in [1.807, 2.05) is 30.3 Å². The van der Waals surface area contributed by atoms with Gasteiger partial charge >= 0.3 is 0 Å². The van der Waals surface area contributed by atoms with Gasteiger partial charge in [-0.05, 0) is 24.3 Å². The third-order valence-electron chi connectivity index (χ3n) is 4.29. The lowest BCUT2D eigenvalue weighted by molar-refractivity contribution is -0.385. The Bertz CT molecular complexity index is 1230. The van der Waals surface area contributed by atoms with Crippen LogP contribution in [0, 0.1) is 10.1 Å². The van der Waals surface area contributed by atoms with Crippen LogP contribution >= 0.6 is 0 Å². The van der Waals surface area contributed by atoms with Gasteiger partial charge in [0.25, 0.3) is 11.6 Å². The van der Waals surface area contributed by atoms with Gasteiger partial charge in [-0.25, -0.2) is 10.4 Å². The summed E-state index contributed by atoms with van der Waals surface area (Å²) in [4.78, 5) is 30.6. The molecular weight excluding hydrogens is 370 g/mol. The quantitative estimate of drug-likeness (QED) is 0.308. The van der Waals surface area contributed by atoms with Crippen molar-refractivity contribution < 1.29 is 9.72 Å². The Hall–Kier alpha value is -4.33. The number of hydrogen-bond donors (Lipinski definition) is 2. The number of imidazole rings is 1. The van der Waals surface area contributed by atoms with Crippen molar-refractivity contribution in [1.29, 1.82) is 0 Å². The number of nitrogens with one attached hydrogen (secondary N) is 2. The van der Waals surface area contributed by atoms with Gasteiger partial charge in [0.15, 0.2) is 0 Å². The number of fused-ring (bicyclic) bond motifs is 1. The number of aromatic nitrogens is 2. The second-order valence-corrected chi connectivity index (χ2v) is 6.20. The van der Waals surface area contributed by atoms with Crippen LogP contribution in [-0.4, -0.2) is 27.0 Å². The largest absolute Gasteiger partial charge is 0.338 e. The van der Waals surface area contributed by atoms with E-state index in [-0.39, 0.29) is 5.69 Å². The molecule has 142 valence electrons. The molecule has 0 unspecified atom stereocenters. The van der Waals surface area contributed by atoms with Crippen molar-refractivity contribution in [3.63, 3.8) is 0 Å². The summed E-state index contributed by atoms with van der Waals surface area (Å²) in [5.41, 5.74) is 5.40. The average Bonchev–Trinajstić information content (AvgIpc) is 3.18. The molecule has 8 heteroatoms. The van der Waals surface area contributed by atoms with Gasteiger partial charge in [0.1, 0.15) is 5.82 Å². The van der Waals surface area contributed by atoms with Crippen LogP contribution in [0.2, 0.25) is 0 Å². The molecule has 0 bridgehead atoms. The number of hydrogen-bond acceptors (Lipinski definition) is 5. The molecule has 3 aromatic carbocycles. The number of benzene rings is 3. The maximum absolute atomic E-state index is 12.4. The highest BCUT2D eigenvalue weighted by Gasteiger charge is 2.11. The van der Waals surface area contributed by atoms with Gasteiger partial charge in [-0.15, -0.1) is 0 Å². The fourth-order valence-electron chi connectivity index (χ4n) is 2.87. The van der Waals surface area contributed by atoms with E-state index in [4.69, 9.17) is 0 Å². The molecule has 0 atom stereocenters. The van der Waals surface area contributed by atoms with E-state index in [1.165, 1.54) is 12.3 Å². The van der Waals surface area contributed by atoms with Crippen molar-refractivity contribution in [1.82, 2.24) is 15.4 Å². The monoisotopic (exact) mass is 385 g/mol. The molecule has 1 heterocycles. The number of carbonyl (C=O) groups is 1. The fourth-order valence-corrected chi connectivity index (χ4v) is 2.87. The summed E-state index contributed by atoms with van der Waals surface area (Å²) >= 11 is 0. The van der Waals surface area contributed by atoms with Crippen molar-refractivity contribution >= 4 is 28.8 Å². The van der Waals surface area contributed by atoms with Gasteiger partial charge < -0.3 is 4.98 Å². The number of hydrazone groups is 1. The number of H-pyrrole nitrogens is 1. The molecular formula is C21H15N5O3. The van der Waals surface area contributed by atoms with Crippen LogP contribution in [0.4, 0.5) is 5.69 Å². The highest BCUT2D eigenvalue weighted by Crippen LogP contribution is 2.21. The lowest BCUT2D eigenvalue weighted by atomic mass is 10.2. The van der Waals surface area contributed by atoms with Gasteiger partial charge in [-0.3, -0.25) is 14.9 Å². The Balaban J connectivity index is 1.52. The molecule has 29 heavy (non-hydrogen) atoms. The van der Waals surface area contributed by atoms with Crippen molar-refractivity contribution in [2.75, 3.05) is 0 Å². The predicted octanol–water partition coefficient (Wildman–Crippen LogP) is 3.90. The topological polar surface area (TPSA) is 113 Å². The molecule has 4 aromatic rings. The first-order chi connectivity index (χ1) is 14.1. The number of carbonyl (C=O) groups excluding carboxylic acids is 1. The van der Waals surface area contributed by atoms with Gasteiger partial charge in [-0.1, -0.05) is 42.5 Å². The minimum atomic E-state index is -0.500. The minimum absolute atomic E-state index is 0.0854. The number of nitro benzene ring substituents is 1. The molecule has 0 saturated carbocycles. The zero-order chi connectivity index (χ0) is 20.2. The number of para-hydroxylation sites is 1. The second-order valence-electron chi connectivity index (χ2n) is 6.20. The van der Waals surface area contributed by atoms with E-state index in [2.05, 4.69) is 20.5 Å². The summed E-state index contributed by atoms with van der Waals surface area (Å²) < 4.78 is 0. The van der Waals surface area contributed by atoms with Gasteiger partial charge in [-0.2, -0.15) is 5.10 Å². The van der Waals surface area contributed by atoms with Crippen LogP contribution in [0.3, 0.4) is 0 Å². The molecule has 1 amide bonds. The maximum Gasteiger partial charge on any atom is 0.278 e. The van der Waals surface area contributed by atoms with E-state index < -0.39 is 10.8 Å². The zero-order valence-electron chi connectivity index (χ0n) is 15.1. The van der Waals surface area contributed by atoms with E-state index in [0.29, 0.717) is 17.0 Å². The predicted molar refractivity (Wildman–Crippen MR) is 110 cm³/mol. The van der Waals surface area contributed by atoms with Crippen LogP contribution in [-0.2, 0) is 0 Å². The third kappa shape index (κ3) is 3.86. The van der Waals surface area contributed by atoms with Crippen LogP contribution in [0.1, 0.15) is 15.9 Å². The first-order valence-corrected chi connectivity index (χ1v) is 8.74. The summed E-state index contributed by atoms with van der Waals surface area (Å²) in [5, 5.41) is 14.9. The van der Waals surface area contributed by atoms with Gasteiger partial charge in [0.2, 0.25) is 0 Å². The lowest BCUT2D eigenvalue weighted by Gasteiger charge is -2.00. The Morgan fingerprint density at radius 2 is 1.83 bits per heavy atom. The van der Waals surface area contributed by atoms with Crippen molar-refractivity contribution in [2.45, 2.75) is 0 Å². The molecule has 0 aliphatic carbocycles. The third-order valence-corrected chi connectivity index (χ3v) is 4.29. The zero-order valence-corrected chi connectivity index (χ0v) is 15.1. The Morgan fingerprint density at radius 3 is 2.62 bits per heavy atom. The van der Waals surface area contributed by atoms with E-state index >= 15 is 0 Å². The van der Waals surface area contributed by atoms with Crippen LogP contribution in [0.25, 0.3) is 22.4 Å². The van der Waals surface area contributed by atoms with Crippen molar-refractivity contribution in [3.05, 3.63) is 94.0 Å². The van der Waals surface area contributed by atoms with Crippen molar-refractivity contribution in [3.8, 4) is 11.4 Å². The molecule has 8 nitrogen and oxygen atoms in total. The molecule has 0 fully saturated rings. The number of nitrogens with zero attached hydrogens (tertiary/aromatic N) is 3. The molecule has 4 rings (SSSR count). The summed E-state index contributed by atoms with van der Waals surface area (Å²) in [6, 6.07) is 20.9. The molecule has 0 aliphatic rings.